The molecule has 1 aromatic heterocycles. The van der Waals surface area contributed by atoms with E-state index < -0.39 is 0 Å². The second-order valence-corrected chi connectivity index (χ2v) is 7.50. The Labute approximate surface area is 189 Å². The van der Waals surface area contributed by atoms with Gasteiger partial charge in [0.2, 0.25) is 5.95 Å². The Morgan fingerprint density at radius 2 is 1.81 bits per heavy atom. The smallest absolute Gasteiger partial charge is 0.281 e. The first-order chi connectivity index (χ1) is 15.0. The van der Waals surface area contributed by atoms with Crippen molar-refractivity contribution in [2.24, 2.45) is 0 Å². The van der Waals surface area contributed by atoms with Crippen LogP contribution in [0.25, 0.3) is 11.4 Å². The number of nitrogens with zero attached hydrogens (tertiary/aromatic N) is 3. The van der Waals surface area contributed by atoms with E-state index in [1.807, 2.05) is 48.5 Å². The lowest BCUT2D eigenvalue weighted by Gasteiger charge is -2.08. The van der Waals surface area contributed by atoms with Crippen LogP contribution in [0.4, 0.5) is 5.95 Å². The molecular formula is C23H18Cl2N4O2. The molecule has 4 rings (SSSR count). The Balaban J connectivity index is 1.70. The van der Waals surface area contributed by atoms with E-state index in [2.05, 4.69) is 15.4 Å². The fourth-order valence-corrected chi connectivity index (χ4v) is 3.38. The van der Waals surface area contributed by atoms with Crippen LogP contribution in [0, 0.1) is 0 Å². The van der Waals surface area contributed by atoms with Crippen LogP contribution >= 0.6 is 23.2 Å². The van der Waals surface area contributed by atoms with Gasteiger partial charge in [-0.1, -0.05) is 47.5 Å². The predicted molar refractivity (Wildman–Crippen MR) is 122 cm³/mol. The van der Waals surface area contributed by atoms with E-state index in [4.69, 9.17) is 27.9 Å². The Morgan fingerprint density at radius 1 is 1.03 bits per heavy atom. The molecule has 156 valence electrons. The SMILES string of the molecule is COc1ccc(-c2nc(NCc3ccccc3Cl)n(C(=O)c3cccc(Cl)c3)n2)cc1. The van der Waals surface area contributed by atoms with Crippen molar-refractivity contribution in [2.45, 2.75) is 6.54 Å². The minimum atomic E-state index is -0.351. The highest BCUT2D eigenvalue weighted by Gasteiger charge is 2.19. The molecule has 0 unspecified atom stereocenters. The molecule has 0 saturated carbocycles. The summed E-state index contributed by atoms with van der Waals surface area (Å²) >= 11 is 12.3. The first-order valence-electron chi connectivity index (χ1n) is 9.44. The number of carbonyl (C=O) groups excluding carboxylic acids is 1. The number of methoxy groups -OCH3 is 1. The lowest BCUT2D eigenvalue weighted by Crippen LogP contribution is -2.17. The molecule has 0 atom stereocenters. The van der Waals surface area contributed by atoms with Gasteiger partial charge in [-0.25, -0.2) is 0 Å². The predicted octanol–water partition coefficient (Wildman–Crippen LogP) is 5.56. The molecule has 0 aliphatic rings. The third kappa shape index (κ3) is 4.71. The van der Waals surface area contributed by atoms with E-state index in [1.165, 1.54) is 4.68 Å². The quantitative estimate of drug-likeness (QED) is 0.414. The largest absolute Gasteiger partial charge is 0.497 e. The first kappa shape index (κ1) is 20.9. The number of hydrogen-bond donors (Lipinski definition) is 1. The van der Waals surface area contributed by atoms with Gasteiger partial charge in [-0.15, -0.1) is 5.10 Å². The van der Waals surface area contributed by atoms with Gasteiger partial charge in [0, 0.05) is 27.7 Å². The Kier molecular flexibility index (Phi) is 6.21. The third-order valence-corrected chi connectivity index (χ3v) is 5.22. The molecule has 1 N–H and O–H groups in total. The number of ether oxygens (including phenoxy) is 1. The lowest BCUT2D eigenvalue weighted by atomic mass is 10.2. The van der Waals surface area contributed by atoms with Gasteiger partial charge in [-0.2, -0.15) is 9.67 Å². The maximum atomic E-state index is 13.2. The van der Waals surface area contributed by atoms with Gasteiger partial charge in [0.25, 0.3) is 5.91 Å². The average molecular weight is 453 g/mol. The van der Waals surface area contributed by atoms with Crippen LogP contribution in [0.5, 0.6) is 5.75 Å². The van der Waals surface area contributed by atoms with Gasteiger partial charge in [-0.05, 0) is 54.1 Å². The average Bonchev–Trinajstić information content (AvgIpc) is 3.22. The number of benzene rings is 3. The molecule has 0 fully saturated rings. The zero-order valence-corrected chi connectivity index (χ0v) is 18.1. The number of nitrogens with one attached hydrogen (secondary N) is 1. The molecule has 0 bridgehead atoms. The second-order valence-electron chi connectivity index (χ2n) is 6.66. The first-order valence-corrected chi connectivity index (χ1v) is 10.2. The van der Waals surface area contributed by atoms with Crippen LogP contribution in [0.1, 0.15) is 15.9 Å². The number of carbonyl (C=O) groups is 1. The van der Waals surface area contributed by atoms with Crippen molar-refractivity contribution in [2.75, 3.05) is 12.4 Å². The van der Waals surface area contributed by atoms with Gasteiger partial charge < -0.3 is 10.1 Å². The summed E-state index contributed by atoms with van der Waals surface area (Å²) in [6, 6.07) is 21.5. The number of hydrogen-bond acceptors (Lipinski definition) is 5. The summed E-state index contributed by atoms with van der Waals surface area (Å²) in [5.74, 6) is 1.07. The zero-order chi connectivity index (χ0) is 21.8. The van der Waals surface area contributed by atoms with Crippen LogP contribution in [-0.2, 0) is 6.54 Å². The molecular weight excluding hydrogens is 435 g/mol. The van der Waals surface area contributed by atoms with Crippen molar-refractivity contribution in [1.29, 1.82) is 0 Å². The highest BCUT2D eigenvalue weighted by Crippen LogP contribution is 2.23. The molecule has 6 nitrogen and oxygen atoms in total. The summed E-state index contributed by atoms with van der Waals surface area (Å²) in [5, 5.41) is 8.72. The molecule has 8 heteroatoms. The molecule has 31 heavy (non-hydrogen) atoms. The number of aromatic nitrogens is 3. The van der Waals surface area contributed by atoms with E-state index in [9.17, 15) is 4.79 Å². The minimum absolute atomic E-state index is 0.302. The maximum absolute atomic E-state index is 13.2. The summed E-state index contributed by atoms with van der Waals surface area (Å²) in [7, 11) is 1.60. The van der Waals surface area contributed by atoms with Crippen molar-refractivity contribution in [3.05, 3.63) is 94.0 Å². The van der Waals surface area contributed by atoms with Gasteiger partial charge in [-0.3, -0.25) is 4.79 Å². The molecule has 0 saturated heterocycles. The molecule has 1 heterocycles. The third-order valence-electron chi connectivity index (χ3n) is 4.61. The Bertz CT molecular complexity index is 1220. The highest BCUT2D eigenvalue weighted by atomic mass is 35.5. The molecule has 0 spiro atoms. The summed E-state index contributed by atoms with van der Waals surface area (Å²) in [6.45, 7) is 0.378. The summed E-state index contributed by atoms with van der Waals surface area (Å²) < 4.78 is 6.44. The van der Waals surface area contributed by atoms with Crippen LogP contribution < -0.4 is 10.1 Å². The van der Waals surface area contributed by atoms with Crippen molar-refractivity contribution >= 4 is 35.1 Å². The van der Waals surface area contributed by atoms with Crippen molar-refractivity contribution in [3.8, 4) is 17.1 Å². The fraction of sp³-hybridized carbons (Fsp3) is 0.0870. The monoisotopic (exact) mass is 452 g/mol. The van der Waals surface area contributed by atoms with Gasteiger partial charge in [0.05, 0.1) is 7.11 Å². The normalized spacial score (nSPS) is 10.7. The number of rotatable bonds is 6. The second kappa shape index (κ2) is 9.20. The topological polar surface area (TPSA) is 69.0 Å². The number of anilines is 1. The van der Waals surface area contributed by atoms with Crippen molar-refractivity contribution < 1.29 is 9.53 Å². The van der Waals surface area contributed by atoms with E-state index in [-0.39, 0.29) is 5.91 Å². The standard InChI is InChI=1S/C23H18Cl2N4O2/c1-31-19-11-9-15(10-12-19)21-27-23(26-14-17-5-2-3-8-20(17)25)29(28-21)22(30)16-6-4-7-18(24)13-16/h2-13H,14H2,1H3,(H,26,27,28). The molecule has 0 aliphatic carbocycles. The van der Waals surface area contributed by atoms with Crippen LogP contribution in [0.3, 0.4) is 0 Å². The van der Waals surface area contributed by atoms with E-state index >= 15 is 0 Å². The molecule has 3 aromatic carbocycles. The highest BCUT2D eigenvalue weighted by molar-refractivity contribution is 6.31. The molecule has 4 aromatic rings. The molecule has 0 radical (unpaired) electrons. The number of halogens is 2. The summed E-state index contributed by atoms with van der Waals surface area (Å²) in [5.41, 5.74) is 2.03. The minimum Gasteiger partial charge on any atom is -0.497 e. The van der Waals surface area contributed by atoms with Gasteiger partial charge >= 0.3 is 0 Å². The van der Waals surface area contributed by atoms with Crippen molar-refractivity contribution in [3.63, 3.8) is 0 Å². The van der Waals surface area contributed by atoms with E-state index in [0.29, 0.717) is 33.9 Å². The maximum Gasteiger partial charge on any atom is 0.281 e. The molecule has 0 aliphatic heterocycles. The van der Waals surface area contributed by atoms with Crippen LogP contribution in [0.15, 0.2) is 72.8 Å². The Hall–Kier alpha value is -3.35. The molecule has 0 amide bonds. The zero-order valence-electron chi connectivity index (χ0n) is 16.5. The summed E-state index contributed by atoms with van der Waals surface area (Å²) in [6.07, 6.45) is 0. The lowest BCUT2D eigenvalue weighted by molar-refractivity contribution is 0.0947. The van der Waals surface area contributed by atoms with Crippen molar-refractivity contribution in [1.82, 2.24) is 14.8 Å². The fourth-order valence-electron chi connectivity index (χ4n) is 2.99. The summed E-state index contributed by atoms with van der Waals surface area (Å²) in [4.78, 5) is 17.7. The van der Waals surface area contributed by atoms with Gasteiger partial charge in [0.15, 0.2) is 5.82 Å². The van der Waals surface area contributed by atoms with Crippen LogP contribution in [0.2, 0.25) is 10.0 Å². The van der Waals surface area contributed by atoms with E-state index in [0.717, 1.165) is 16.9 Å². The Morgan fingerprint density at radius 3 is 2.52 bits per heavy atom. The van der Waals surface area contributed by atoms with E-state index in [1.54, 1.807) is 31.4 Å². The van der Waals surface area contributed by atoms with Gasteiger partial charge in [0.1, 0.15) is 5.75 Å². The van der Waals surface area contributed by atoms with Crippen LogP contribution in [-0.4, -0.2) is 27.8 Å².